The van der Waals surface area contributed by atoms with Gasteiger partial charge in [0, 0.05) is 18.4 Å². The standard InChI is InChI=1S/C22H23N3O6/c1-5-29-22(28)19-18(13(3)26)14(4)30-21(19)23-16(27)10-11-17-24-20(25-31-17)15-8-6-12(2)7-9-15/h6-9H,5,10-11H2,1-4H3,(H,23,27). The third-order valence-corrected chi connectivity index (χ3v) is 4.51. The van der Waals surface area contributed by atoms with Gasteiger partial charge in [-0.15, -0.1) is 0 Å². The fourth-order valence-corrected chi connectivity index (χ4v) is 3.04. The van der Waals surface area contributed by atoms with Crippen LogP contribution in [-0.2, 0) is 16.0 Å². The third kappa shape index (κ3) is 5.06. The fourth-order valence-electron chi connectivity index (χ4n) is 3.04. The van der Waals surface area contributed by atoms with E-state index in [0.29, 0.717) is 11.7 Å². The van der Waals surface area contributed by atoms with Crippen LogP contribution in [0.15, 0.2) is 33.2 Å². The molecule has 162 valence electrons. The Morgan fingerprint density at radius 2 is 1.81 bits per heavy atom. The van der Waals surface area contributed by atoms with Crippen LogP contribution in [0.25, 0.3) is 11.4 Å². The number of furan rings is 1. The zero-order chi connectivity index (χ0) is 22.5. The van der Waals surface area contributed by atoms with Crippen molar-refractivity contribution in [1.29, 1.82) is 0 Å². The van der Waals surface area contributed by atoms with Gasteiger partial charge in [-0.2, -0.15) is 4.98 Å². The predicted molar refractivity (Wildman–Crippen MR) is 111 cm³/mol. The van der Waals surface area contributed by atoms with Crippen LogP contribution in [0.3, 0.4) is 0 Å². The first-order valence-corrected chi connectivity index (χ1v) is 9.81. The maximum atomic E-state index is 12.4. The number of hydrogen-bond acceptors (Lipinski definition) is 8. The summed E-state index contributed by atoms with van der Waals surface area (Å²) in [5.74, 6) is -0.685. The first-order valence-electron chi connectivity index (χ1n) is 9.81. The van der Waals surface area contributed by atoms with Crippen LogP contribution in [0, 0.1) is 13.8 Å². The summed E-state index contributed by atoms with van der Waals surface area (Å²) in [6, 6.07) is 7.67. The van der Waals surface area contributed by atoms with Gasteiger partial charge in [0.2, 0.25) is 23.5 Å². The number of rotatable bonds is 8. The van der Waals surface area contributed by atoms with Gasteiger partial charge in [0.15, 0.2) is 5.78 Å². The molecule has 0 aliphatic carbocycles. The smallest absolute Gasteiger partial charge is 0.344 e. The van der Waals surface area contributed by atoms with Gasteiger partial charge < -0.3 is 13.7 Å². The Kier molecular flexibility index (Phi) is 6.64. The number of ether oxygens (including phenoxy) is 1. The summed E-state index contributed by atoms with van der Waals surface area (Å²) in [5, 5.41) is 6.47. The summed E-state index contributed by atoms with van der Waals surface area (Å²) < 4.78 is 15.7. The molecular formula is C22H23N3O6. The van der Waals surface area contributed by atoms with E-state index in [1.54, 1.807) is 13.8 Å². The van der Waals surface area contributed by atoms with Gasteiger partial charge in [-0.25, -0.2) is 4.79 Å². The third-order valence-electron chi connectivity index (χ3n) is 4.51. The largest absolute Gasteiger partial charge is 0.462 e. The molecule has 2 heterocycles. The van der Waals surface area contributed by atoms with Gasteiger partial charge in [-0.1, -0.05) is 35.0 Å². The van der Waals surface area contributed by atoms with Crippen molar-refractivity contribution < 1.29 is 28.1 Å². The molecule has 1 aromatic carbocycles. The van der Waals surface area contributed by atoms with E-state index in [1.807, 2.05) is 31.2 Å². The first kappa shape index (κ1) is 21.9. The molecule has 0 saturated carbocycles. The molecule has 0 aliphatic heterocycles. The summed E-state index contributed by atoms with van der Waals surface area (Å²) >= 11 is 0. The van der Waals surface area contributed by atoms with Crippen molar-refractivity contribution in [2.75, 3.05) is 11.9 Å². The maximum Gasteiger partial charge on any atom is 0.344 e. The van der Waals surface area contributed by atoms with E-state index in [4.69, 9.17) is 13.7 Å². The minimum Gasteiger partial charge on any atom is -0.462 e. The van der Waals surface area contributed by atoms with Crippen molar-refractivity contribution in [3.63, 3.8) is 0 Å². The SMILES string of the molecule is CCOC(=O)c1c(NC(=O)CCc2nc(-c3ccc(C)cc3)no2)oc(C)c1C(C)=O. The fraction of sp³-hybridized carbons (Fsp3) is 0.318. The van der Waals surface area contributed by atoms with E-state index in [2.05, 4.69) is 15.5 Å². The lowest BCUT2D eigenvalue weighted by Crippen LogP contribution is -2.16. The van der Waals surface area contributed by atoms with E-state index in [1.165, 1.54) is 6.92 Å². The molecule has 0 atom stereocenters. The number of nitrogens with one attached hydrogen (secondary N) is 1. The second-order valence-corrected chi connectivity index (χ2v) is 6.94. The van der Waals surface area contributed by atoms with Gasteiger partial charge in [-0.3, -0.25) is 14.9 Å². The topological polar surface area (TPSA) is 125 Å². The number of benzene rings is 1. The van der Waals surface area contributed by atoms with Crippen molar-refractivity contribution in [3.8, 4) is 11.4 Å². The number of nitrogens with zero attached hydrogens (tertiary/aromatic N) is 2. The molecule has 1 N–H and O–H groups in total. The van der Waals surface area contributed by atoms with Crippen LogP contribution < -0.4 is 5.32 Å². The van der Waals surface area contributed by atoms with Crippen LogP contribution in [0.1, 0.15) is 58.2 Å². The highest BCUT2D eigenvalue weighted by atomic mass is 16.5. The average molecular weight is 425 g/mol. The first-order chi connectivity index (χ1) is 14.8. The molecule has 2 aromatic heterocycles. The molecular weight excluding hydrogens is 402 g/mol. The Morgan fingerprint density at radius 3 is 2.45 bits per heavy atom. The minimum atomic E-state index is -0.737. The lowest BCUT2D eigenvalue weighted by atomic mass is 10.1. The highest BCUT2D eigenvalue weighted by Crippen LogP contribution is 2.28. The Hall–Kier alpha value is -3.75. The Bertz CT molecular complexity index is 1110. The van der Waals surface area contributed by atoms with Crippen LogP contribution in [0.4, 0.5) is 5.88 Å². The molecule has 0 unspecified atom stereocenters. The highest BCUT2D eigenvalue weighted by Gasteiger charge is 2.28. The maximum absolute atomic E-state index is 12.4. The van der Waals surface area contributed by atoms with Crippen LogP contribution in [-0.4, -0.2) is 34.4 Å². The van der Waals surface area contributed by atoms with E-state index in [9.17, 15) is 14.4 Å². The van der Waals surface area contributed by atoms with Gasteiger partial charge in [0.1, 0.15) is 11.3 Å². The minimum absolute atomic E-state index is 0.00689. The molecule has 9 nitrogen and oxygen atoms in total. The number of amides is 1. The molecule has 9 heteroatoms. The Morgan fingerprint density at radius 1 is 1.10 bits per heavy atom. The molecule has 0 aliphatic rings. The average Bonchev–Trinajstić information content (AvgIpc) is 3.31. The number of Topliss-reactive ketones (excluding diaryl/α,β-unsaturated/α-hetero) is 1. The van der Waals surface area contributed by atoms with Gasteiger partial charge in [0.05, 0.1) is 12.2 Å². The second kappa shape index (κ2) is 9.38. The second-order valence-electron chi connectivity index (χ2n) is 6.94. The lowest BCUT2D eigenvalue weighted by molar-refractivity contribution is -0.116. The molecule has 31 heavy (non-hydrogen) atoms. The number of esters is 1. The van der Waals surface area contributed by atoms with E-state index >= 15 is 0 Å². The molecule has 1 amide bonds. The van der Waals surface area contributed by atoms with Crippen molar-refractivity contribution in [2.24, 2.45) is 0 Å². The van der Waals surface area contributed by atoms with Gasteiger partial charge >= 0.3 is 5.97 Å². The number of hydrogen-bond donors (Lipinski definition) is 1. The number of carbonyl (C=O) groups excluding carboxylic acids is 3. The number of anilines is 1. The number of ketones is 1. The van der Waals surface area contributed by atoms with E-state index < -0.39 is 11.9 Å². The summed E-state index contributed by atoms with van der Waals surface area (Å²) in [6.45, 7) is 6.60. The Balaban J connectivity index is 1.69. The Labute approximate surface area is 178 Å². The number of aryl methyl sites for hydroxylation is 3. The molecule has 0 bridgehead atoms. The van der Waals surface area contributed by atoms with Crippen LogP contribution >= 0.6 is 0 Å². The molecule has 0 saturated heterocycles. The van der Waals surface area contributed by atoms with Crippen molar-refractivity contribution in [2.45, 2.75) is 40.5 Å². The quantitative estimate of drug-likeness (QED) is 0.426. The number of carbonyl (C=O) groups is 3. The summed E-state index contributed by atoms with van der Waals surface area (Å²) in [5.41, 5.74) is 1.94. The summed E-state index contributed by atoms with van der Waals surface area (Å²) in [7, 11) is 0. The summed E-state index contributed by atoms with van der Waals surface area (Å²) in [6.07, 6.45) is 0.200. The van der Waals surface area contributed by atoms with Crippen molar-refractivity contribution in [3.05, 3.63) is 52.6 Å². The van der Waals surface area contributed by atoms with E-state index in [-0.39, 0.29) is 48.0 Å². The molecule has 0 radical (unpaired) electrons. The summed E-state index contributed by atoms with van der Waals surface area (Å²) in [4.78, 5) is 41.0. The van der Waals surface area contributed by atoms with Crippen LogP contribution in [0.2, 0.25) is 0 Å². The predicted octanol–water partition coefficient (Wildman–Crippen LogP) is 3.90. The molecule has 0 spiro atoms. The van der Waals surface area contributed by atoms with Crippen LogP contribution in [0.5, 0.6) is 0 Å². The van der Waals surface area contributed by atoms with Gasteiger partial charge in [-0.05, 0) is 27.7 Å². The van der Waals surface area contributed by atoms with E-state index in [0.717, 1.165) is 11.1 Å². The highest BCUT2D eigenvalue weighted by molar-refractivity contribution is 6.10. The normalized spacial score (nSPS) is 10.7. The van der Waals surface area contributed by atoms with Gasteiger partial charge in [0.25, 0.3) is 0 Å². The van der Waals surface area contributed by atoms with Crippen molar-refractivity contribution in [1.82, 2.24) is 10.1 Å². The molecule has 0 fully saturated rings. The molecule has 3 aromatic rings. The zero-order valence-electron chi connectivity index (χ0n) is 17.8. The zero-order valence-corrected chi connectivity index (χ0v) is 17.8. The number of aromatic nitrogens is 2. The van der Waals surface area contributed by atoms with Crippen molar-refractivity contribution >= 4 is 23.5 Å². The monoisotopic (exact) mass is 425 g/mol. The lowest BCUT2D eigenvalue weighted by Gasteiger charge is -2.05. The molecule has 3 rings (SSSR count).